The van der Waals surface area contributed by atoms with Gasteiger partial charge in [-0.1, -0.05) is 37.6 Å². The molecule has 0 aliphatic carbocycles. The Morgan fingerprint density at radius 3 is 2.11 bits per heavy atom. The van der Waals surface area contributed by atoms with Crippen molar-refractivity contribution in [3.63, 3.8) is 0 Å². The van der Waals surface area contributed by atoms with Gasteiger partial charge < -0.3 is 20.1 Å². The summed E-state index contributed by atoms with van der Waals surface area (Å²) in [5.41, 5.74) is 2.95. The third kappa shape index (κ3) is 5.29. The minimum absolute atomic E-state index is 0.0769. The molecule has 1 aliphatic heterocycles. The molecule has 0 aromatic heterocycles. The molecule has 9 heteroatoms. The highest BCUT2D eigenvalue weighted by Gasteiger charge is 2.40. The number of nitrogens with zero attached hydrogens (tertiary/aromatic N) is 1. The van der Waals surface area contributed by atoms with Crippen molar-refractivity contribution in [1.82, 2.24) is 0 Å². The van der Waals surface area contributed by atoms with Crippen molar-refractivity contribution in [2.24, 2.45) is 0 Å². The first-order valence-electron chi connectivity index (χ1n) is 11.5. The van der Waals surface area contributed by atoms with E-state index in [9.17, 15) is 14.4 Å². The molecule has 0 fully saturated rings. The van der Waals surface area contributed by atoms with Gasteiger partial charge in [0.2, 0.25) is 0 Å². The Hall–Kier alpha value is -4.30. The van der Waals surface area contributed by atoms with Crippen LogP contribution in [0.5, 0.6) is 11.5 Å². The number of nitrogens with one attached hydrogen (secondary N) is 2. The van der Waals surface area contributed by atoms with Gasteiger partial charge in [-0.3, -0.25) is 14.4 Å². The van der Waals surface area contributed by atoms with E-state index in [1.807, 2.05) is 24.3 Å². The number of benzene rings is 3. The summed E-state index contributed by atoms with van der Waals surface area (Å²) in [7, 11) is 2.93. The monoisotopic (exact) mass is 519 g/mol. The minimum atomic E-state index is -0.683. The third-order valence-corrected chi connectivity index (χ3v) is 6.26. The van der Waals surface area contributed by atoms with Gasteiger partial charge in [0.1, 0.15) is 22.2 Å². The molecule has 1 heterocycles. The van der Waals surface area contributed by atoms with Gasteiger partial charge in [0.25, 0.3) is 17.7 Å². The molecule has 0 saturated heterocycles. The van der Waals surface area contributed by atoms with E-state index in [-0.39, 0.29) is 28.1 Å². The van der Waals surface area contributed by atoms with Crippen LogP contribution in [0.4, 0.5) is 17.1 Å². The van der Waals surface area contributed by atoms with Crippen LogP contribution in [0.25, 0.3) is 0 Å². The van der Waals surface area contributed by atoms with Crippen LogP contribution < -0.4 is 25.0 Å². The Balaban J connectivity index is 1.47. The SMILES string of the molecule is COc1ccc(N2C(=O)C(Cl)=C(Nc3ccc(C(=O)Nc4ccc(C(C)C)cc4)cc3)C2=O)c(OC)c1. The molecule has 2 N–H and O–H groups in total. The zero-order chi connectivity index (χ0) is 26.7. The number of anilines is 3. The summed E-state index contributed by atoms with van der Waals surface area (Å²) in [4.78, 5) is 39.6. The van der Waals surface area contributed by atoms with Gasteiger partial charge in [0.15, 0.2) is 0 Å². The number of hydrogen-bond acceptors (Lipinski definition) is 6. The number of ether oxygens (including phenoxy) is 2. The van der Waals surface area contributed by atoms with E-state index in [0.717, 1.165) is 4.90 Å². The van der Waals surface area contributed by atoms with E-state index in [0.29, 0.717) is 28.6 Å². The van der Waals surface area contributed by atoms with E-state index < -0.39 is 11.8 Å². The molecule has 8 nitrogen and oxygen atoms in total. The fraction of sp³-hybridized carbons (Fsp3) is 0.179. The van der Waals surface area contributed by atoms with Gasteiger partial charge in [0.05, 0.1) is 19.9 Å². The molecular formula is C28H26ClN3O5. The Morgan fingerprint density at radius 1 is 0.865 bits per heavy atom. The molecule has 0 radical (unpaired) electrons. The first-order chi connectivity index (χ1) is 17.7. The molecule has 3 amide bonds. The molecule has 0 saturated carbocycles. The maximum atomic E-state index is 13.1. The van der Waals surface area contributed by atoms with E-state index in [2.05, 4.69) is 24.5 Å². The van der Waals surface area contributed by atoms with Crippen LogP contribution in [0.1, 0.15) is 35.7 Å². The number of carbonyl (C=O) groups is 3. The predicted octanol–water partition coefficient (Wildman–Crippen LogP) is 5.52. The Labute approximate surface area is 219 Å². The Bertz CT molecular complexity index is 1380. The molecule has 190 valence electrons. The number of amides is 3. The molecule has 3 aromatic carbocycles. The summed E-state index contributed by atoms with van der Waals surface area (Å²) < 4.78 is 10.5. The van der Waals surface area contributed by atoms with Gasteiger partial charge in [-0.2, -0.15) is 0 Å². The highest BCUT2D eigenvalue weighted by atomic mass is 35.5. The van der Waals surface area contributed by atoms with Crippen molar-refractivity contribution in [3.8, 4) is 11.5 Å². The van der Waals surface area contributed by atoms with Gasteiger partial charge in [0, 0.05) is 23.0 Å². The summed E-state index contributed by atoms with van der Waals surface area (Å²) in [5, 5.41) is 5.51. The number of halogens is 1. The van der Waals surface area contributed by atoms with Gasteiger partial charge in [-0.25, -0.2) is 4.90 Å². The average molecular weight is 520 g/mol. The van der Waals surface area contributed by atoms with Crippen LogP contribution in [0.2, 0.25) is 0 Å². The summed E-state index contributed by atoms with van der Waals surface area (Å²) >= 11 is 6.25. The smallest absolute Gasteiger partial charge is 0.283 e. The fourth-order valence-electron chi connectivity index (χ4n) is 3.80. The van der Waals surface area contributed by atoms with Crippen LogP contribution in [0.15, 0.2) is 77.5 Å². The molecule has 0 spiro atoms. The van der Waals surface area contributed by atoms with Crippen LogP contribution in [0.3, 0.4) is 0 Å². The number of carbonyl (C=O) groups excluding carboxylic acids is 3. The fourth-order valence-corrected chi connectivity index (χ4v) is 4.02. The average Bonchev–Trinajstić information content (AvgIpc) is 3.11. The van der Waals surface area contributed by atoms with Crippen LogP contribution in [0, 0.1) is 0 Å². The normalized spacial score (nSPS) is 13.3. The maximum absolute atomic E-state index is 13.1. The van der Waals surface area contributed by atoms with Crippen LogP contribution >= 0.6 is 11.6 Å². The number of methoxy groups -OCH3 is 2. The van der Waals surface area contributed by atoms with E-state index in [1.165, 1.54) is 19.8 Å². The zero-order valence-corrected chi connectivity index (χ0v) is 21.6. The Morgan fingerprint density at radius 2 is 1.51 bits per heavy atom. The molecule has 0 atom stereocenters. The molecule has 0 unspecified atom stereocenters. The molecule has 37 heavy (non-hydrogen) atoms. The summed E-state index contributed by atoms with van der Waals surface area (Å²) in [6, 6.07) is 18.9. The summed E-state index contributed by atoms with van der Waals surface area (Å²) in [6.45, 7) is 4.21. The summed E-state index contributed by atoms with van der Waals surface area (Å²) in [5.74, 6) is -0.399. The quantitative estimate of drug-likeness (QED) is 0.381. The zero-order valence-electron chi connectivity index (χ0n) is 20.8. The lowest BCUT2D eigenvalue weighted by Crippen LogP contribution is -2.32. The van der Waals surface area contributed by atoms with Gasteiger partial charge in [-0.05, 0) is 60.0 Å². The van der Waals surface area contributed by atoms with Crippen molar-refractivity contribution in [3.05, 3.63) is 88.6 Å². The first-order valence-corrected chi connectivity index (χ1v) is 11.9. The molecule has 1 aliphatic rings. The molecule has 0 bridgehead atoms. The van der Waals surface area contributed by atoms with Crippen LogP contribution in [-0.4, -0.2) is 31.9 Å². The lowest BCUT2D eigenvalue weighted by molar-refractivity contribution is -0.120. The second kappa shape index (κ2) is 10.8. The number of imide groups is 1. The van der Waals surface area contributed by atoms with E-state index in [4.69, 9.17) is 21.1 Å². The van der Waals surface area contributed by atoms with Crippen molar-refractivity contribution < 1.29 is 23.9 Å². The number of rotatable bonds is 8. The molecule has 3 aromatic rings. The minimum Gasteiger partial charge on any atom is -0.497 e. The van der Waals surface area contributed by atoms with Crippen LogP contribution in [-0.2, 0) is 9.59 Å². The van der Waals surface area contributed by atoms with Crippen molar-refractivity contribution in [1.29, 1.82) is 0 Å². The molecular weight excluding hydrogens is 494 g/mol. The largest absolute Gasteiger partial charge is 0.497 e. The lowest BCUT2D eigenvalue weighted by atomic mass is 10.0. The van der Waals surface area contributed by atoms with Crippen molar-refractivity contribution in [2.75, 3.05) is 29.8 Å². The third-order valence-electron chi connectivity index (χ3n) is 5.91. The second-order valence-corrected chi connectivity index (χ2v) is 8.98. The van der Waals surface area contributed by atoms with Crippen molar-refractivity contribution in [2.45, 2.75) is 19.8 Å². The Kier molecular flexibility index (Phi) is 7.50. The highest BCUT2D eigenvalue weighted by Crippen LogP contribution is 2.37. The van der Waals surface area contributed by atoms with E-state index >= 15 is 0 Å². The van der Waals surface area contributed by atoms with Crippen molar-refractivity contribution >= 4 is 46.4 Å². The second-order valence-electron chi connectivity index (χ2n) is 8.61. The van der Waals surface area contributed by atoms with E-state index in [1.54, 1.807) is 42.5 Å². The molecule has 4 rings (SSSR count). The first kappa shape index (κ1) is 25.8. The summed E-state index contributed by atoms with van der Waals surface area (Å²) in [6.07, 6.45) is 0. The maximum Gasteiger partial charge on any atom is 0.283 e. The standard InChI is InChI=1S/C28H26ClN3O5/c1-16(2)17-5-9-20(10-6-17)31-26(33)18-7-11-19(12-8-18)30-25-24(29)27(34)32(28(25)35)22-14-13-21(36-3)15-23(22)37-4/h5-16,30H,1-4H3,(H,31,33). The van der Waals surface area contributed by atoms with Gasteiger partial charge in [-0.15, -0.1) is 0 Å². The van der Waals surface area contributed by atoms with Gasteiger partial charge >= 0.3 is 0 Å². The topological polar surface area (TPSA) is 97.0 Å². The highest BCUT2D eigenvalue weighted by molar-refractivity contribution is 6.53. The predicted molar refractivity (Wildman–Crippen MR) is 143 cm³/mol. The number of hydrogen-bond donors (Lipinski definition) is 2. The lowest BCUT2D eigenvalue weighted by Gasteiger charge is -2.18.